The summed E-state index contributed by atoms with van der Waals surface area (Å²) in [7, 11) is 0. The minimum Gasteiger partial charge on any atom is -0.459 e. The summed E-state index contributed by atoms with van der Waals surface area (Å²) < 4.78 is 10.7. The number of fused-ring (bicyclic) bond motifs is 1. The number of ether oxygens (including phenoxy) is 2. The first-order valence-corrected chi connectivity index (χ1v) is 12.0. The molecule has 8 heteroatoms. The molecule has 0 unspecified atom stereocenters. The van der Waals surface area contributed by atoms with Crippen LogP contribution < -0.4 is 10.6 Å². The monoisotopic (exact) mass is 499 g/mol. The number of esters is 1. The molecule has 0 aliphatic heterocycles. The third-order valence-corrected chi connectivity index (χ3v) is 5.86. The third-order valence-electron chi connectivity index (χ3n) is 5.86. The number of alkyl carbamates (subject to hydrolysis) is 1. The van der Waals surface area contributed by atoms with Crippen molar-refractivity contribution < 1.29 is 23.9 Å². The van der Waals surface area contributed by atoms with E-state index in [1.54, 1.807) is 13.1 Å². The number of carbonyl (C=O) groups is 3. The molecule has 0 saturated heterocycles. The molecule has 4 rings (SSSR count). The van der Waals surface area contributed by atoms with Gasteiger partial charge in [0, 0.05) is 23.5 Å². The Hall–Kier alpha value is -4.59. The molecule has 190 valence electrons. The van der Waals surface area contributed by atoms with Gasteiger partial charge in [0.15, 0.2) is 0 Å². The van der Waals surface area contributed by atoms with Gasteiger partial charge in [-0.1, -0.05) is 78.9 Å². The van der Waals surface area contributed by atoms with Crippen LogP contribution in [0.15, 0.2) is 91.1 Å². The van der Waals surface area contributed by atoms with E-state index in [0.717, 1.165) is 27.6 Å². The Kier molecular flexibility index (Phi) is 8.54. The Labute approximate surface area is 215 Å². The zero-order valence-corrected chi connectivity index (χ0v) is 20.5. The van der Waals surface area contributed by atoms with E-state index in [4.69, 9.17) is 9.47 Å². The molecule has 2 atom stereocenters. The van der Waals surface area contributed by atoms with Crippen LogP contribution in [-0.4, -0.2) is 35.0 Å². The summed E-state index contributed by atoms with van der Waals surface area (Å²) in [5, 5.41) is 6.25. The smallest absolute Gasteiger partial charge is 0.408 e. The van der Waals surface area contributed by atoms with Crippen LogP contribution in [0.3, 0.4) is 0 Å². The van der Waals surface area contributed by atoms with Crippen molar-refractivity contribution >= 4 is 28.9 Å². The lowest BCUT2D eigenvalue weighted by Crippen LogP contribution is -2.52. The molecule has 0 aliphatic carbocycles. The maximum Gasteiger partial charge on any atom is 0.408 e. The fourth-order valence-corrected chi connectivity index (χ4v) is 3.86. The number of benzene rings is 3. The van der Waals surface area contributed by atoms with Crippen molar-refractivity contribution in [1.82, 2.24) is 15.6 Å². The summed E-state index contributed by atoms with van der Waals surface area (Å²) in [5.74, 6) is -1.10. The second-order valence-electron chi connectivity index (χ2n) is 8.65. The number of hydrogen-bond donors (Lipinski definition) is 3. The number of nitrogens with one attached hydrogen (secondary N) is 3. The number of para-hydroxylation sites is 1. The van der Waals surface area contributed by atoms with Gasteiger partial charge in [0.1, 0.15) is 25.3 Å². The molecule has 1 aromatic heterocycles. The maximum atomic E-state index is 13.2. The molecule has 0 saturated carbocycles. The molecule has 0 fully saturated rings. The fourth-order valence-electron chi connectivity index (χ4n) is 3.86. The lowest BCUT2D eigenvalue weighted by atomic mass is 10.0. The van der Waals surface area contributed by atoms with E-state index in [1.165, 1.54) is 0 Å². The minimum atomic E-state index is -0.980. The Bertz CT molecular complexity index is 1340. The van der Waals surface area contributed by atoms with Crippen molar-refractivity contribution in [3.8, 4) is 0 Å². The summed E-state index contributed by atoms with van der Waals surface area (Å²) in [5.41, 5.74) is 3.43. The SMILES string of the molecule is C[C@H](NC(=O)[C@H](Cc1c[nH]c2ccccc12)NC(=O)OCc1ccccc1)C(=O)OCc1ccccc1. The lowest BCUT2D eigenvalue weighted by Gasteiger charge is -2.21. The zero-order valence-electron chi connectivity index (χ0n) is 20.5. The molecule has 0 aliphatic rings. The Morgan fingerprint density at radius 2 is 1.38 bits per heavy atom. The average Bonchev–Trinajstić information content (AvgIpc) is 3.34. The molecular weight excluding hydrogens is 470 g/mol. The number of H-pyrrole nitrogens is 1. The zero-order chi connectivity index (χ0) is 26.0. The van der Waals surface area contributed by atoms with Gasteiger partial charge in [0.2, 0.25) is 5.91 Å². The summed E-state index contributed by atoms with van der Waals surface area (Å²) >= 11 is 0. The normalized spacial score (nSPS) is 12.4. The van der Waals surface area contributed by atoms with Gasteiger partial charge in [0.05, 0.1) is 0 Å². The Morgan fingerprint density at radius 1 is 0.784 bits per heavy atom. The van der Waals surface area contributed by atoms with Crippen LogP contribution >= 0.6 is 0 Å². The molecule has 8 nitrogen and oxygen atoms in total. The molecule has 0 radical (unpaired) electrons. The second-order valence-corrected chi connectivity index (χ2v) is 8.65. The minimum absolute atomic E-state index is 0.0658. The molecule has 37 heavy (non-hydrogen) atoms. The summed E-state index contributed by atoms with van der Waals surface area (Å²) in [6.07, 6.45) is 1.27. The van der Waals surface area contributed by atoms with E-state index in [9.17, 15) is 14.4 Å². The Morgan fingerprint density at radius 3 is 2.05 bits per heavy atom. The quantitative estimate of drug-likeness (QED) is 0.283. The number of amides is 2. The van der Waals surface area contributed by atoms with Crippen LogP contribution in [0.4, 0.5) is 4.79 Å². The number of hydrogen-bond acceptors (Lipinski definition) is 5. The lowest BCUT2D eigenvalue weighted by molar-refractivity contribution is -0.148. The molecule has 3 N–H and O–H groups in total. The molecular formula is C29H29N3O5. The van der Waals surface area contributed by atoms with Crippen LogP contribution in [0.1, 0.15) is 23.6 Å². The van der Waals surface area contributed by atoms with E-state index < -0.39 is 30.1 Å². The van der Waals surface area contributed by atoms with Gasteiger partial charge in [-0.3, -0.25) is 4.79 Å². The predicted molar refractivity (Wildman–Crippen MR) is 139 cm³/mol. The van der Waals surface area contributed by atoms with Crippen LogP contribution in [0, 0.1) is 0 Å². The largest absolute Gasteiger partial charge is 0.459 e. The molecule has 2 amide bonds. The van der Waals surface area contributed by atoms with Crippen molar-refractivity contribution in [1.29, 1.82) is 0 Å². The van der Waals surface area contributed by atoms with Crippen molar-refractivity contribution in [2.24, 2.45) is 0 Å². The van der Waals surface area contributed by atoms with Gasteiger partial charge in [0.25, 0.3) is 0 Å². The summed E-state index contributed by atoms with van der Waals surface area (Å²) in [6, 6.07) is 24.3. The van der Waals surface area contributed by atoms with Gasteiger partial charge in [-0.2, -0.15) is 0 Å². The number of carbonyl (C=O) groups excluding carboxylic acids is 3. The molecule has 0 bridgehead atoms. The summed E-state index contributed by atoms with van der Waals surface area (Å²) in [6.45, 7) is 1.71. The van der Waals surface area contributed by atoms with Gasteiger partial charge >= 0.3 is 12.1 Å². The van der Waals surface area contributed by atoms with E-state index >= 15 is 0 Å². The van der Waals surface area contributed by atoms with E-state index in [1.807, 2.05) is 84.9 Å². The van der Waals surface area contributed by atoms with Crippen molar-refractivity contribution in [3.05, 3.63) is 108 Å². The van der Waals surface area contributed by atoms with Gasteiger partial charge in [-0.15, -0.1) is 0 Å². The van der Waals surface area contributed by atoms with E-state index in [-0.39, 0.29) is 19.6 Å². The van der Waals surface area contributed by atoms with Crippen molar-refractivity contribution in [2.45, 2.75) is 38.6 Å². The molecule has 3 aromatic carbocycles. The highest BCUT2D eigenvalue weighted by Gasteiger charge is 2.27. The third kappa shape index (κ3) is 7.20. The molecule has 0 spiro atoms. The molecule has 1 heterocycles. The topological polar surface area (TPSA) is 110 Å². The fraction of sp³-hybridized carbons (Fsp3) is 0.207. The number of aromatic nitrogens is 1. The standard InChI is InChI=1S/C29H29N3O5/c1-20(28(34)36-18-21-10-4-2-5-11-21)31-27(33)26(16-23-17-30-25-15-9-8-14-24(23)25)32-29(35)37-19-22-12-6-3-7-13-22/h2-15,17,20,26,30H,16,18-19H2,1H3,(H,31,33)(H,32,35)/t20-,26-/m0/s1. The average molecular weight is 500 g/mol. The predicted octanol–water partition coefficient (Wildman–Crippen LogP) is 4.25. The van der Waals surface area contributed by atoms with Gasteiger partial charge in [-0.25, -0.2) is 9.59 Å². The van der Waals surface area contributed by atoms with Gasteiger partial charge < -0.3 is 25.1 Å². The van der Waals surface area contributed by atoms with Gasteiger partial charge in [-0.05, 0) is 29.7 Å². The molecule has 4 aromatic rings. The second kappa shape index (κ2) is 12.4. The van der Waals surface area contributed by atoms with Crippen LogP contribution in [0.2, 0.25) is 0 Å². The van der Waals surface area contributed by atoms with Crippen LogP contribution in [0.25, 0.3) is 10.9 Å². The first-order chi connectivity index (χ1) is 18.0. The highest BCUT2D eigenvalue weighted by atomic mass is 16.5. The van der Waals surface area contributed by atoms with E-state index in [0.29, 0.717) is 0 Å². The first-order valence-electron chi connectivity index (χ1n) is 12.0. The highest BCUT2D eigenvalue weighted by Crippen LogP contribution is 2.19. The van der Waals surface area contributed by atoms with Crippen molar-refractivity contribution in [2.75, 3.05) is 0 Å². The maximum absolute atomic E-state index is 13.2. The van der Waals surface area contributed by atoms with Crippen LogP contribution in [-0.2, 0) is 38.7 Å². The summed E-state index contributed by atoms with van der Waals surface area (Å²) in [4.78, 5) is 41.5. The number of aromatic amines is 1. The number of rotatable bonds is 10. The van der Waals surface area contributed by atoms with E-state index in [2.05, 4.69) is 15.6 Å². The van der Waals surface area contributed by atoms with Crippen molar-refractivity contribution in [3.63, 3.8) is 0 Å². The van der Waals surface area contributed by atoms with Crippen LogP contribution in [0.5, 0.6) is 0 Å². The highest BCUT2D eigenvalue weighted by molar-refractivity contribution is 5.91. The first kappa shape index (κ1) is 25.5. The Balaban J connectivity index is 1.41.